The average Bonchev–Trinajstić information content (AvgIpc) is 3.25. The van der Waals surface area contributed by atoms with Gasteiger partial charge in [-0.1, -0.05) is 24.3 Å². The zero-order valence-corrected chi connectivity index (χ0v) is 16.2. The fraction of sp³-hybridized carbons (Fsp3) is 0.444. The lowest BCUT2D eigenvalue weighted by atomic mass is 9.85. The monoisotopic (exact) mass is 392 g/mol. The van der Waals surface area contributed by atoms with Gasteiger partial charge in [-0.3, -0.25) is 9.13 Å². The molecule has 1 aromatic rings. The Morgan fingerprint density at radius 2 is 1.00 bits per heavy atom. The van der Waals surface area contributed by atoms with Crippen LogP contribution in [0.25, 0.3) is 0 Å². The second kappa shape index (κ2) is 5.14. The topological polar surface area (TPSA) is 98.7 Å². The van der Waals surface area contributed by atoms with Gasteiger partial charge in [-0.25, -0.2) is 0 Å². The van der Waals surface area contributed by atoms with Gasteiger partial charge in [0.15, 0.2) is 15.2 Å². The van der Waals surface area contributed by atoms with Gasteiger partial charge in [0.25, 0.3) is 0 Å². The largest absolute Gasteiger partial charge is 0.769 e. The van der Waals surface area contributed by atoms with Gasteiger partial charge in [-0.05, 0) is 12.8 Å². The first kappa shape index (κ1) is 16.8. The molecule has 138 valence electrons. The molecule has 0 saturated carbocycles. The van der Waals surface area contributed by atoms with Gasteiger partial charge in [0, 0.05) is 59.3 Å². The lowest BCUT2D eigenvalue weighted by Gasteiger charge is -2.32. The van der Waals surface area contributed by atoms with E-state index in [1.54, 1.807) is 0 Å². The van der Waals surface area contributed by atoms with Crippen LogP contribution in [0.3, 0.4) is 0 Å². The molecule has 26 heavy (non-hydrogen) atoms. The quantitative estimate of drug-likeness (QED) is 0.577. The third-order valence-electron chi connectivity index (χ3n) is 5.72. The summed E-state index contributed by atoms with van der Waals surface area (Å²) in [6, 6.07) is 0. The number of benzene rings is 1. The van der Waals surface area contributed by atoms with Gasteiger partial charge < -0.3 is 18.8 Å². The molecule has 0 N–H and O–H groups in total. The molecule has 0 radical (unpaired) electrons. The maximum absolute atomic E-state index is 12.0. The smallest absolute Gasteiger partial charge is 0.181 e. The van der Waals surface area contributed by atoms with E-state index in [-0.39, 0.29) is 23.7 Å². The molecule has 0 heterocycles. The van der Waals surface area contributed by atoms with E-state index in [1.807, 2.05) is 24.3 Å². The predicted octanol–water partition coefficient (Wildman–Crippen LogP) is 3.09. The minimum absolute atomic E-state index is 0.0372. The maximum atomic E-state index is 12.0. The van der Waals surface area contributed by atoms with E-state index in [4.69, 9.17) is 9.05 Å². The summed E-state index contributed by atoms with van der Waals surface area (Å²) < 4.78 is 35.0. The summed E-state index contributed by atoms with van der Waals surface area (Å²) >= 11 is 0. The minimum Gasteiger partial charge on any atom is -0.769 e. The van der Waals surface area contributed by atoms with E-state index in [9.17, 15) is 18.9 Å². The summed E-state index contributed by atoms with van der Waals surface area (Å²) in [5.41, 5.74) is 3.16. The zero-order chi connectivity index (χ0) is 18.4. The summed E-state index contributed by atoms with van der Waals surface area (Å²) in [6.45, 7) is 2.14. The summed E-state index contributed by atoms with van der Waals surface area (Å²) in [6.07, 6.45) is 9.79. The SMILES string of the molecule is CP(=O)([O-])Oc1c2c(c(OP(C)(=O)[O-])c3c1[C@H]1C=C[C@@H]3C1)[C@H]1C=C[C@@H]2C1. The first-order chi connectivity index (χ1) is 12.1. The van der Waals surface area contributed by atoms with Crippen LogP contribution in [-0.4, -0.2) is 13.3 Å². The van der Waals surface area contributed by atoms with E-state index in [0.29, 0.717) is 11.5 Å². The average molecular weight is 392 g/mol. The molecule has 6 atom stereocenters. The van der Waals surface area contributed by atoms with Gasteiger partial charge in [-0.2, -0.15) is 0 Å². The highest BCUT2D eigenvalue weighted by molar-refractivity contribution is 7.51. The molecular formula is C18H18O6P2-2. The Morgan fingerprint density at radius 3 is 1.23 bits per heavy atom. The van der Waals surface area contributed by atoms with Crippen molar-refractivity contribution in [2.75, 3.05) is 13.3 Å². The second-order valence-electron chi connectivity index (χ2n) is 7.71. The molecule has 0 spiro atoms. The van der Waals surface area contributed by atoms with Crippen LogP contribution >= 0.6 is 15.2 Å². The number of allylic oxidation sites excluding steroid dienone is 4. The molecule has 0 saturated heterocycles. The minimum atomic E-state index is -4.01. The number of rotatable bonds is 4. The number of fused-ring (bicyclic) bond motifs is 10. The first-order valence-electron chi connectivity index (χ1n) is 8.69. The molecule has 2 unspecified atom stereocenters. The van der Waals surface area contributed by atoms with Crippen molar-refractivity contribution in [3.63, 3.8) is 0 Å². The van der Waals surface area contributed by atoms with Crippen molar-refractivity contribution in [1.29, 1.82) is 0 Å². The van der Waals surface area contributed by atoms with Crippen molar-refractivity contribution in [2.45, 2.75) is 36.5 Å². The summed E-state index contributed by atoms with van der Waals surface area (Å²) in [7, 11) is -8.02. The number of hydrogen-bond donors (Lipinski definition) is 0. The highest BCUT2D eigenvalue weighted by Crippen LogP contribution is 2.66. The Hall–Kier alpha value is -1.32. The molecule has 8 heteroatoms. The van der Waals surface area contributed by atoms with Gasteiger partial charge in [-0.15, -0.1) is 0 Å². The van der Waals surface area contributed by atoms with Crippen LogP contribution in [0.15, 0.2) is 24.3 Å². The summed E-state index contributed by atoms with van der Waals surface area (Å²) in [5.74, 6) is 0.971. The number of hydrogen-bond acceptors (Lipinski definition) is 6. The molecule has 5 rings (SSSR count). The molecule has 0 aliphatic heterocycles. The maximum Gasteiger partial charge on any atom is 0.181 e. The Labute approximate surface area is 151 Å². The third-order valence-corrected chi connectivity index (χ3v) is 6.75. The van der Waals surface area contributed by atoms with Crippen molar-refractivity contribution in [1.82, 2.24) is 0 Å². The normalized spacial score (nSPS) is 33.7. The fourth-order valence-corrected chi connectivity index (χ4v) is 6.09. The first-order valence-corrected chi connectivity index (χ1v) is 12.7. The molecule has 4 bridgehead atoms. The van der Waals surface area contributed by atoms with Crippen molar-refractivity contribution in [3.8, 4) is 11.5 Å². The van der Waals surface area contributed by atoms with E-state index in [1.165, 1.54) is 0 Å². The van der Waals surface area contributed by atoms with E-state index in [0.717, 1.165) is 48.4 Å². The molecule has 0 aromatic heterocycles. The fourth-order valence-electron chi connectivity index (χ4n) is 5.03. The summed E-state index contributed by atoms with van der Waals surface area (Å²) in [5, 5.41) is 0. The lowest BCUT2D eigenvalue weighted by molar-refractivity contribution is -0.190. The predicted molar refractivity (Wildman–Crippen MR) is 93.2 cm³/mol. The standard InChI is InChI=1S/C18H20O6P2/c1-25(19,20)23-17-13-9-3-5-11(7-9)15(13)18(24-26(2,21)22)16-12-6-4-10(8-12)14(16)17/h3-6,9-12H,7-8H2,1-2H3,(H,19,20)(H,21,22)/p-2/t9-,10+,11+,12-. The lowest BCUT2D eigenvalue weighted by Crippen LogP contribution is -2.14. The van der Waals surface area contributed by atoms with Gasteiger partial charge in [0.05, 0.1) is 0 Å². The van der Waals surface area contributed by atoms with Gasteiger partial charge in [0.1, 0.15) is 11.5 Å². The van der Waals surface area contributed by atoms with Crippen molar-refractivity contribution in [3.05, 3.63) is 46.6 Å². The van der Waals surface area contributed by atoms with Crippen LogP contribution in [0.4, 0.5) is 0 Å². The molecule has 4 aliphatic carbocycles. The van der Waals surface area contributed by atoms with Crippen LogP contribution in [0, 0.1) is 0 Å². The van der Waals surface area contributed by atoms with Crippen LogP contribution in [-0.2, 0) is 9.13 Å². The molecule has 4 aliphatic rings. The van der Waals surface area contributed by atoms with Crippen LogP contribution < -0.4 is 18.8 Å². The highest BCUT2D eigenvalue weighted by Gasteiger charge is 2.47. The van der Waals surface area contributed by atoms with Crippen LogP contribution in [0.1, 0.15) is 58.8 Å². The molecule has 0 fully saturated rings. The van der Waals surface area contributed by atoms with Crippen LogP contribution in [0.5, 0.6) is 11.5 Å². The molecular weight excluding hydrogens is 374 g/mol. The third kappa shape index (κ3) is 2.40. The van der Waals surface area contributed by atoms with Gasteiger partial charge in [0.2, 0.25) is 0 Å². The molecule has 6 nitrogen and oxygen atoms in total. The molecule has 1 aromatic carbocycles. The Balaban J connectivity index is 1.82. The van der Waals surface area contributed by atoms with E-state index >= 15 is 0 Å². The van der Waals surface area contributed by atoms with Crippen LogP contribution in [0.2, 0.25) is 0 Å². The van der Waals surface area contributed by atoms with Crippen molar-refractivity contribution < 1.29 is 28.0 Å². The Morgan fingerprint density at radius 1 is 0.731 bits per heavy atom. The summed E-state index contributed by atoms with van der Waals surface area (Å²) in [4.78, 5) is 23.9. The van der Waals surface area contributed by atoms with E-state index < -0.39 is 15.2 Å². The van der Waals surface area contributed by atoms with Crippen molar-refractivity contribution in [2.24, 2.45) is 0 Å². The molecule has 0 amide bonds. The van der Waals surface area contributed by atoms with Crippen molar-refractivity contribution >= 4 is 15.2 Å². The Bertz CT molecular complexity index is 854. The Kier molecular flexibility index (Phi) is 3.33. The van der Waals surface area contributed by atoms with E-state index in [2.05, 4.69) is 0 Å². The van der Waals surface area contributed by atoms with Gasteiger partial charge >= 0.3 is 0 Å². The zero-order valence-electron chi connectivity index (χ0n) is 14.4. The highest BCUT2D eigenvalue weighted by atomic mass is 31.2. The second-order valence-corrected chi connectivity index (χ2v) is 11.2.